The first-order chi connectivity index (χ1) is 8.30. The van der Waals surface area contributed by atoms with Gasteiger partial charge in [-0.3, -0.25) is 0 Å². The summed E-state index contributed by atoms with van der Waals surface area (Å²) >= 11 is 0. The van der Waals surface area contributed by atoms with Gasteiger partial charge in [0.2, 0.25) is 0 Å². The third kappa shape index (κ3) is 2.75. The first-order valence-electron chi connectivity index (χ1n) is 7.94. The van der Waals surface area contributed by atoms with Crippen LogP contribution < -0.4 is 0 Å². The van der Waals surface area contributed by atoms with E-state index in [1.807, 2.05) is 0 Å². The van der Waals surface area contributed by atoms with Gasteiger partial charge in [-0.05, 0) is 67.1 Å². The highest BCUT2D eigenvalue weighted by molar-refractivity contribution is 4.98. The summed E-state index contributed by atoms with van der Waals surface area (Å²) in [6, 6.07) is 0. The van der Waals surface area contributed by atoms with Crippen LogP contribution in [0.3, 0.4) is 0 Å². The Morgan fingerprint density at radius 2 is 1.72 bits per heavy atom. The predicted molar refractivity (Wildman–Crippen MR) is 76.2 cm³/mol. The molecule has 0 aromatic heterocycles. The molecule has 2 aliphatic rings. The smallest absolute Gasteiger partial charge is 0.101 e. The molecule has 0 radical (unpaired) electrons. The second-order valence-electron chi connectivity index (χ2n) is 8.12. The number of hydrogen-bond donors (Lipinski definition) is 0. The molecule has 0 bridgehead atoms. The fourth-order valence-electron chi connectivity index (χ4n) is 4.62. The molecule has 2 saturated carbocycles. The van der Waals surface area contributed by atoms with Gasteiger partial charge in [0.1, 0.15) is 6.17 Å². The zero-order chi connectivity index (χ0) is 13.5. The highest BCUT2D eigenvalue weighted by atomic mass is 19.1. The average molecular weight is 254 g/mol. The second-order valence-corrected chi connectivity index (χ2v) is 8.12. The fraction of sp³-hybridized carbons (Fsp3) is 1.00. The van der Waals surface area contributed by atoms with Crippen LogP contribution in [0.5, 0.6) is 0 Å². The summed E-state index contributed by atoms with van der Waals surface area (Å²) in [5.74, 6) is 3.73. The zero-order valence-electron chi connectivity index (χ0n) is 12.9. The monoisotopic (exact) mass is 254 g/mol. The standard InChI is InChI=1S/C17H31F/c1-11(2)16-10-14(17(16,4)5)9-15(18)8-13-6-12(3)7-13/h11-16H,6-10H2,1-5H3. The van der Waals surface area contributed by atoms with Gasteiger partial charge in [-0.1, -0.05) is 34.6 Å². The minimum absolute atomic E-state index is 0.366. The van der Waals surface area contributed by atoms with Crippen LogP contribution in [-0.2, 0) is 0 Å². The molecular weight excluding hydrogens is 223 g/mol. The number of rotatable bonds is 5. The van der Waals surface area contributed by atoms with Gasteiger partial charge in [0.15, 0.2) is 0 Å². The molecule has 2 rings (SSSR count). The number of halogens is 1. The van der Waals surface area contributed by atoms with Crippen molar-refractivity contribution in [2.45, 2.75) is 72.9 Å². The van der Waals surface area contributed by atoms with Gasteiger partial charge in [0.25, 0.3) is 0 Å². The Balaban J connectivity index is 1.74. The Morgan fingerprint density at radius 3 is 2.17 bits per heavy atom. The van der Waals surface area contributed by atoms with Crippen molar-refractivity contribution in [3.8, 4) is 0 Å². The third-order valence-corrected chi connectivity index (χ3v) is 5.95. The van der Waals surface area contributed by atoms with Crippen LogP contribution in [0.2, 0.25) is 0 Å². The molecule has 0 amide bonds. The molecule has 2 aliphatic carbocycles. The molecule has 0 saturated heterocycles. The summed E-state index contributed by atoms with van der Waals surface area (Å²) in [6.45, 7) is 11.6. The third-order valence-electron chi connectivity index (χ3n) is 5.95. The molecule has 0 aromatic carbocycles. The predicted octanol–water partition coefficient (Wildman–Crippen LogP) is 5.47. The quantitative estimate of drug-likeness (QED) is 0.610. The van der Waals surface area contributed by atoms with E-state index in [4.69, 9.17) is 0 Å². The van der Waals surface area contributed by atoms with E-state index >= 15 is 0 Å². The average Bonchev–Trinajstić information content (AvgIpc) is 2.21. The SMILES string of the molecule is CC1CC(CC(F)CC2CC(C(C)C)C2(C)C)C1. The van der Waals surface area contributed by atoms with Crippen molar-refractivity contribution in [1.82, 2.24) is 0 Å². The van der Waals surface area contributed by atoms with Crippen molar-refractivity contribution in [3.63, 3.8) is 0 Å². The Morgan fingerprint density at radius 1 is 1.11 bits per heavy atom. The van der Waals surface area contributed by atoms with Crippen molar-refractivity contribution >= 4 is 0 Å². The Kier molecular flexibility index (Phi) is 4.09. The van der Waals surface area contributed by atoms with Gasteiger partial charge in [0.05, 0.1) is 0 Å². The van der Waals surface area contributed by atoms with Gasteiger partial charge in [0, 0.05) is 0 Å². The molecule has 106 valence electrons. The molecule has 0 aliphatic heterocycles. The van der Waals surface area contributed by atoms with E-state index in [-0.39, 0.29) is 0 Å². The Hall–Kier alpha value is -0.0700. The molecule has 0 spiro atoms. The summed E-state index contributed by atoms with van der Waals surface area (Å²) in [4.78, 5) is 0. The normalized spacial score (nSPS) is 40.2. The van der Waals surface area contributed by atoms with Crippen LogP contribution in [0.1, 0.15) is 66.7 Å². The molecular formula is C17H31F. The first-order valence-corrected chi connectivity index (χ1v) is 7.94. The minimum atomic E-state index is -0.542. The van der Waals surface area contributed by atoms with Crippen LogP contribution in [0.4, 0.5) is 4.39 Å². The molecule has 3 unspecified atom stereocenters. The van der Waals surface area contributed by atoms with Crippen LogP contribution in [-0.4, -0.2) is 6.17 Å². The highest BCUT2D eigenvalue weighted by Crippen LogP contribution is 2.56. The first kappa shape index (κ1) is 14.3. The Bertz CT molecular complexity index is 275. The highest BCUT2D eigenvalue weighted by Gasteiger charge is 2.49. The van der Waals surface area contributed by atoms with Crippen molar-refractivity contribution < 1.29 is 4.39 Å². The van der Waals surface area contributed by atoms with E-state index in [2.05, 4.69) is 34.6 Å². The molecule has 0 heterocycles. The zero-order valence-corrected chi connectivity index (χ0v) is 12.9. The lowest BCUT2D eigenvalue weighted by atomic mass is 9.50. The van der Waals surface area contributed by atoms with E-state index in [0.29, 0.717) is 17.3 Å². The minimum Gasteiger partial charge on any atom is -0.247 e. The maximum Gasteiger partial charge on any atom is 0.101 e. The van der Waals surface area contributed by atoms with Crippen LogP contribution in [0.15, 0.2) is 0 Å². The van der Waals surface area contributed by atoms with Crippen LogP contribution in [0.25, 0.3) is 0 Å². The van der Waals surface area contributed by atoms with Crippen LogP contribution in [0, 0.1) is 35.0 Å². The van der Waals surface area contributed by atoms with Crippen molar-refractivity contribution in [2.75, 3.05) is 0 Å². The number of hydrogen-bond acceptors (Lipinski definition) is 0. The molecule has 18 heavy (non-hydrogen) atoms. The van der Waals surface area contributed by atoms with Gasteiger partial charge in [-0.15, -0.1) is 0 Å². The van der Waals surface area contributed by atoms with Crippen molar-refractivity contribution in [2.24, 2.45) is 35.0 Å². The lowest BCUT2D eigenvalue weighted by Crippen LogP contribution is -2.48. The summed E-state index contributed by atoms with van der Waals surface area (Å²) < 4.78 is 14.1. The van der Waals surface area contributed by atoms with Gasteiger partial charge >= 0.3 is 0 Å². The van der Waals surface area contributed by atoms with Gasteiger partial charge < -0.3 is 0 Å². The fourth-order valence-corrected chi connectivity index (χ4v) is 4.62. The molecule has 0 nitrogen and oxygen atoms in total. The lowest BCUT2D eigenvalue weighted by Gasteiger charge is -2.55. The van der Waals surface area contributed by atoms with E-state index < -0.39 is 6.17 Å². The maximum atomic E-state index is 14.1. The number of alkyl halides is 1. The Labute approximate surface area is 113 Å². The van der Waals surface area contributed by atoms with E-state index in [9.17, 15) is 4.39 Å². The topological polar surface area (TPSA) is 0 Å². The summed E-state index contributed by atoms with van der Waals surface area (Å²) in [7, 11) is 0. The van der Waals surface area contributed by atoms with Crippen molar-refractivity contribution in [3.05, 3.63) is 0 Å². The van der Waals surface area contributed by atoms with Crippen molar-refractivity contribution in [1.29, 1.82) is 0 Å². The van der Waals surface area contributed by atoms with Crippen LogP contribution >= 0.6 is 0 Å². The largest absolute Gasteiger partial charge is 0.247 e. The summed E-state index contributed by atoms with van der Waals surface area (Å²) in [5.41, 5.74) is 0.366. The molecule has 1 heteroatoms. The van der Waals surface area contributed by atoms with Gasteiger partial charge in [-0.2, -0.15) is 0 Å². The van der Waals surface area contributed by atoms with E-state index in [1.165, 1.54) is 19.3 Å². The van der Waals surface area contributed by atoms with Gasteiger partial charge in [-0.25, -0.2) is 4.39 Å². The summed E-state index contributed by atoms with van der Waals surface area (Å²) in [5, 5.41) is 0. The van der Waals surface area contributed by atoms with E-state index in [0.717, 1.165) is 30.6 Å². The second kappa shape index (κ2) is 5.13. The lowest BCUT2D eigenvalue weighted by molar-refractivity contribution is -0.0658. The molecule has 3 atom stereocenters. The molecule has 2 fully saturated rings. The molecule has 0 aromatic rings. The summed E-state index contributed by atoms with van der Waals surface area (Å²) in [6.07, 6.45) is 4.91. The maximum absolute atomic E-state index is 14.1. The van der Waals surface area contributed by atoms with E-state index in [1.54, 1.807) is 0 Å². The molecule has 0 N–H and O–H groups in total.